The molecule has 1 rings (SSSR count). The molecule has 0 aliphatic rings. The maximum Gasteiger partial charge on any atom is 0.231 e. The smallest absolute Gasteiger partial charge is 0.231 e. The number of nitrogens with zero attached hydrogens (tertiary/aromatic N) is 1. The predicted octanol–water partition coefficient (Wildman–Crippen LogP) is 1.01. The van der Waals surface area contributed by atoms with Gasteiger partial charge in [-0.1, -0.05) is 0 Å². The molecule has 1 aromatic heterocycles. The van der Waals surface area contributed by atoms with Gasteiger partial charge in [-0.05, 0) is 19.9 Å². The van der Waals surface area contributed by atoms with E-state index in [4.69, 9.17) is 10.5 Å². The van der Waals surface area contributed by atoms with Crippen molar-refractivity contribution in [2.45, 2.75) is 13.8 Å². The van der Waals surface area contributed by atoms with Gasteiger partial charge in [-0.2, -0.15) is 0 Å². The number of pyridine rings is 1. The van der Waals surface area contributed by atoms with Crippen molar-refractivity contribution in [3.8, 4) is 5.88 Å². The summed E-state index contributed by atoms with van der Waals surface area (Å²) >= 11 is 0. The summed E-state index contributed by atoms with van der Waals surface area (Å²) in [6, 6.07) is 3.42. The first-order chi connectivity index (χ1) is 7.49. The molecule has 1 heterocycles. The molecule has 0 bridgehead atoms. The number of aromatic nitrogens is 1. The number of hydrogen-bond donors (Lipinski definition) is 2. The molecule has 5 heteroatoms. The highest BCUT2D eigenvalue weighted by molar-refractivity contribution is 5.94. The van der Waals surface area contributed by atoms with Crippen LogP contribution < -0.4 is 15.8 Å². The summed E-state index contributed by atoms with van der Waals surface area (Å²) in [5.41, 5.74) is 5.56. The standard InChI is InChI=1S/C11H17N3O2/c1-11(2,7-12)10(15)14-8-4-5-9(16-3)13-6-8/h4-6H,7,12H2,1-3H3,(H,14,15). The zero-order chi connectivity index (χ0) is 12.2. The van der Waals surface area contributed by atoms with Crippen LogP contribution in [0.4, 0.5) is 5.69 Å². The van der Waals surface area contributed by atoms with Crippen molar-refractivity contribution in [2.75, 3.05) is 19.0 Å². The largest absolute Gasteiger partial charge is 0.481 e. The molecule has 0 saturated heterocycles. The van der Waals surface area contributed by atoms with Crippen LogP contribution in [0.2, 0.25) is 0 Å². The lowest BCUT2D eigenvalue weighted by atomic mass is 9.93. The maximum atomic E-state index is 11.8. The van der Waals surface area contributed by atoms with Crippen molar-refractivity contribution in [1.82, 2.24) is 4.98 Å². The summed E-state index contributed by atoms with van der Waals surface area (Å²) < 4.78 is 4.92. The van der Waals surface area contributed by atoms with Crippen molar-refractivity contribution < 1.29 is 9.53 Å². The van der Waals surface area contributed by atoms with E-state index in [0.717, 1.165) is 0 Å². The fraction of sp³-hybridized carbons (Fsp3) is 0.455. The monoisotopic (exact) mass is 223 g/mol. The Morgan fingerprint density at radius 3 is 2.69 bits per heavy atom. The van der Waals surface area contributed by atoms with E-state index in [2.05, 4.69) is 10.3 Å². The number of methoxy groups -OCH3 is 1. The first kappa shape index (κ1) is 12.4. The molecule has 0 aromatic carbocycles. The molecule has 3 N–H and O–H groups in total. The van der Waals surface area contributed by atoms with Crippen LogP contribution in [-0.2, 0) is 4.79 Å². The molecule has 16 heavy (non-hydrogen) atoms. The van der Waals surface area contributed by atoms with Gasteiger partial charge in [0, 0.05) is 12.6 Å². The Balaban J connectivity index is 2.70. The summed E-state index contributed by atoms with van der Waals surface area (Å²) in [5.74, 6) is 0.387. The van der Waals surface area contributed by atoms with Crippen LogP contribution in [0.15, 0.2) is 18.3 Å². The summed E-state index contributed by atoms with van der Waals surface area (Å²) in [6.45, 7) is 3.88. The van der Waals surface area contributed by atoms with E-state index in [9.17, 15) is 4.79 Å². The molecule has 0 saturated carbocycles. The zero-order valence-electron chi connectivity index (χ0n) is 9.78. The van der Waals surface area contributed by atoms with Crippen molar-refractivity contribution >= 4 is 11.6 Å². The second-order valence-corrected chi connectivity index (χ2v) is 4.13. The van der Waals surface area contributed by atoms with Gasteiger partial charge in [0.1, 0.15) is 0 Å². The minimum absolute atomic E-state index is 0.123. The normalized spacial score (nSPS) is 11.0. The number of carbonyl (C=O) groups is 1. The van der Waals surface area contributed by atoms with Gasteiger partial charge < -0.3 is 15.8 Å². The summed E-state index contributed by atoms with van der Waals surface area (Å²) in [6.07, 6.45) is 1.54. The summed E-state index contributed by atoms with van der Waals surface area (Å²) in [7, 11) is 1.54. The highest BCUT2D eigenvalue weighted by Crippen LogP contribution is 2.17. The second kappa shape index (κ2) is 4.94. The van der Waals surface area contributed by atoms with Crippen molar-refractivity contribution in [2.24, 2.45) is 11.1 Å². The van der Waals surface area contributed by atoms with Gasteiger partial charge in [-0.3, -0.25) is 4.79 Å². The molecule has 0 aliphatic heterocycles. The van der Waals surface area contributed by atoms with Crippen molar-refractivity contribution in [1.29, 1.82) is 0 Å². The Morgan fingerprint density at radius 1 is 1.56 bits per heavy atom. The average Bonchev–Trinajstić information content (AvgIpc) is 2.30. The highest BCUT2D eigenvalue weighted by Gasteiger charge is 2.25. The molecule has 1 aromatic rings. The third-order valence-corrected chi connectivity index (χ3v) is 2.33. The fourth-order valence-electron chi connectivity index (χ4n) is 0.968. The van der Waals surface area contributed by atoms with Crippen LogP contribution in [0.3, 0.4) is 0 Å². The topological polar surface area (TPSA) is 77.2 Å². The van der Waals surface area contributed by atoms with Crippen LogP contribution in [0.1, 0.15) is 13.8 Å². The minimum atomic E-state index is -0.583. The number of rotatable bonds is 4. The molecular formula is C11H17N3O2. The van der Waals surface area contributed by atoms with E-state index in [1.807, 2.05) is 0 Å². The molecule has 88 valence electrons. The van der Waals surface area contributed by atoms with Crippen LogP contribution >= 0.6 is 0 Å². The number of nitrogens with two attached hydrogens (primary N) is 1. The molecule has 0 radical (unpaired) electrons. The number of anilines is 1. The number of carbonyl (C=O) groups excluding carboxylic acids is 1. The van der Waals surface area contributed by atoms with Gasteiger partial charge in [0.05, 0.1) is 24.4 Å². The van der Waals surface area contributed by atoms with E-state index in [1.165, 1.54) is 7.11 Å². The Hall–Kier alpha value is -1.62. The van der Waals surface area contributed by atoms with Crippen LogP contribution in [0.25, 0.3) is 0 Å². The second-order valence-electron chi connectivity index (χ2n) is 4.13. The van der Waals surface area contributed by atoms with E-state index in [-0.39, 0.29) is 5.91 Å². The maximum absolute atomic E-state index is 11.8. The Labute approximate surface area is 95.0 Å². The molecule has 0 fully saturated rings. The van der Waals surface area contributed by atoms with Gasteiger partial charge in [0.25, 0.3) is 0 Å². The van der Waals surface area contributed by atoms with Gasteiger partial charge in [0.2, 0.25) is 11.8 Å². The summed E-state index contributed by atoms with van der Waals surface area (Å²) in [4.78, 5) is 15.8. The van der Waals surface area contributed by atoms with Crippen LogP contribution in [-0.4, -0.2) is 24.5 Å². The SMILES string of the molecule is COc1ccc(NC(=O)C(C)(C)CN)cn1. The fourth-order valence-corrected chi connectivity index (χ4v) is 0.968. The number of hydrogen-bond acceptors (Lipinski definition) is 4. The van der Waals surface area contributed by atoms with E-state index >= 15 is 0 Å². The minimum Gasteiger partial charge on any atom is -0.481 e. The lowest BCUT2D eigenvalue weighted by molar-refractivity contribution is -0.123. The predicted molar refractivity (Wildman–Crippen MR) is 62.3 cm³/mol. The zero-order valence-corrected chi connectivity index (χ0v) is 9.78. The first-order valence-corrected chi connectivity index (χ1v) is 5.01. The van der Waals surface area contributed by atoms with Gasteiger partial charge in [0.15, 0.2) is 0 Å². The molecule has 1 amide bonds. The lowest BCUT2D eigenvalue weighted by Crippen LogP contribution is -2.37. The van der Waals surface area contributed by atoms with Gasteiger partial charge >= 0.3 is 0 Å². The Bertz CT molecular complexity index is 360. The molecule has 0 atom stereocenters. The van der Waals surface area contributed by atoms with Gasteiger partial charge in [-0.15, -0.1) is 0 Å². The quantitative estimate of drug-likeness (QED) is 0.798. The summed E-state index contributed by atoms with van der Waals surface area (Å²) in [5, 5.41) is 2.75. The van der Waals surface area contributed by atoms with Crippen molar-refractivity contribution in [3.63, 3.8) is 0 Å². The number of amides is 1. The third-order valence-electron chi connectivity index (χ3n) is 2.33. The molecule has 0 unspecified atom stereocenters. The third kappa shape index (κ3) is 2.93. The van der Waals surface area contributed by atoms with Crippen molar-refractivity contribution in [3.05, 3.63) is 18.3 Å². The van der Waals surface area contributed by atoms with Gasteiger partial charge in [-0.25, -0.2) is 4.98 Å². The van der Waals surface area contributed by atoms with E-state index < -0.39 is 5.41 Å². The number of nitrogens with one attached hydrogen (secondary N) is 1. The van der Waals surface area contributed by atoms with Crippen LogP contribution in [0.5, 0.6) is 5.88 Å². The highest BCUT2D eigenvalue weighted by atomic mass is 16.5. The van der Waals surface area contributed by atoms with E-state index in [0.29, 0.717) is 18.1 Å². The van der Waals surface area contributed by atoms with Crippen LogP contribution in [0, 0.1) is 5.41 Å². The Kier molecular flexibility index (Phi) is 3.84. The molecule has 0 spiro atoms. The molecule has 5 nitrogen and oxygen atoms in total. The van der Waals surface area contributed by atoms with E-state index in [1.54, 1.807) is 32.2 Å². The Morgan fingerprint density at radius 2 is 2.25 bits per heavy atom. The molecule has 0 aliphatic carbocycles. The lowest BCUT2D eigenvalue weighted by Gasteiger charge is -2.21. The number of ether oxygens (including phenoxy) is 1. The molecular weight excluding hydrogens is 206 g/mol. The average molecular weight is 223 g/mol. The first-order valence-electron chi connectivity index (χ1n) is 5.01.